The lowest BCUT2D eigenvalue weighted by atomic mass is 9.96. The van der Waals surface area contributed by atoms with Crippen LogP contribution in [0.25, 0.3) is 92.3 Å². The summed E-state index contributed by atoms with van der Waals surface area (Å²) in [6.07, 6.45) is 0.825. The van der Waals surface area contributed by atoms with Gasteiger partial charge in [0, 0.05) is 34.0 Å². The summed E-state index contributed by atoms with van der Waals surface area (Å²) in [5, 5.41) is 6.87. The third-order valence-corrected chi connectivity index (χ3v) is 10.8. The van der Waals surface area contributed by atoms with E-state index in [1.807, 2.05) is 6.07 Å². The van der Waals surface area contributed by atoms with Gasteiger partial charge in [0.2, 0.25) is 0 Å². The molecule has 0 saturated heterocycles. The van der Waals surface area contributed by atoms with Gasteiger partial charge in [0.1, 0.15) is 10.8 Å². The van der Waals surface area contributed by atoms with Crippen LogP contribution in [-0.2, 0) is 6.42 Å². The third kappa shape index (κ3) is 4.62. The second-order valence-electron chi connectivity index (χ2n) is 12.7. The molecule has 0 fully saturated rings. The summed E-state index contributed by atoms with van der Waals surface area (Å²) < 4.78 is 3.50. The third-order valence-electron chi connectivity index (χ3n) is 9.76. The first-order valence-electron chi connectivity index (χ1n) is 17.0. The van der Waals surface area contributed by atoms with E-state index in [1.165, 1.54) is 32.0 Å². The van der Waals surface area contributed by atoms with Gasteiger partial charge in [0.05, 0.1) is 32.5 Å². The zero-order valence-electron chi connectivity index (χ0n) is 27.3. The van der Waals surface area contributed by atoms with Gasteiger partial charge in [-0.15, -0.1) is 11.3 Å². The maximum absolute atomic E-state index is 5.30. The van der Waals surface area contributed by atoms with Crippen molar-refractivity contribution in [2.45, 2.75) is 13.3 Å². The van der Waals surface area contributed by atoms with Gasteiger partial charge in [-0.05, 0) is 75.8 Å². The Morgan fingerprint density at radius 3 is 2.02 bits per heavy atom. The largest absolute Gasteiger partial charge is 0.296 e. The molecule has 0 bridgehead atoms. The van der Waals surface area contributed by atoms with Gasteiger partial charge >= 0.3 is 0 Å². The Labute approximate surface area is 293 Å². The van der Waals surface area contributed by atoms with Crippen LogP contribution in [0.5, 0.6) is 0 Å². The van der Waals surface area contributed by atoms with Crippen LogP contribution in [0.4, 0.5) is 0 Å². The predicted octanol–water partition coefficient (Wildman–Crippen LogP) is 12.1. The Morgan fingerprint density at radius 2 is 1.22 bits per heavy atom. The molecule has 50 heavy (non-hydrogen) atoms. The molecule has 0 atom stereocenters. The molecule has 3 heterocycles. The van der Waals surface area contributed by atoms with Crippen LogP contribution in [0.15, 0.2) is 152 Å². The van der Waals surface area contributed by atoms with Crippen LogP contribution in [0, 0.1) is 0 Å². The first kappa shape index (κ1) is 28.8. The van der Waals surface area contributed by atoms with Crippen molar-refractivity contribution in [2.75, 3.05) is 0 Å². The Bertz CT molecular complexity index is 2870. The maximum Gasteiger partial charge on any atom is 0.124 e. The van der Waals surface area contributed by atoms with Crippen LogP contribution >= 0.6 is 11.3 Å². The zero-order valence-corrected chi connectivity index (χ0v) is 28.2. The molecule has 10 rings (SSSR count). The van der Waals surface area contributed by atoms with Crippen molar-refractivity contribution in [3.05, 3.63) is 157 Å². The first-order chi connectivity index (χ1) is 24.7. The van der Waals surface area contributed by atoms with Crippen LogP contribution in [-0.4, -0.2) is 19.5 Å². The molecule has 0 radical (unpaired) electrons. The number of hydrogen-bond donors (Lipinski definition) is 0. The minimum absolute atomic E-state index is 0.825. The summed E-state index contributed by atoms with van der Waals surface area (Å²) >= 11 is 1.74. The molecule has 4 nitrogen and oxygen atoms in total. The average molecular weight is 659 g/mol. The molecule has 236 valence electrons. The molecule has 7 aromatic carbocycles. The van der Waals surface area contributed by atoms with E-state index in [-0.39, 0.29) is 0 Å². The highest BCUT2D eigenvalue weighted by atomic mass is 32.1. The summed E-state index contributed by atoms with van der Waals surface area (Å²) in [7, 11) is 0. The number of rotatable bonds is 5. The van der Waals surface area contributed by atoms with Crippen LogP contribution in [0.1, 0.15) is 12.7 Å². The second kappa shape index (κ2) is 11.5. The molecule has 0 aliphatic rings. The van der Waals surface area contributed by atoms with E-state index in [9.17, 15) is 0 Å². The van der Waals surface area contributed by atoms with Gasteiger partial charge < -0.3 is 0 Å². The normalized spacial score (nSPS) is 11.8. The van der Waals surface area contributed by atoms with Crippen molar-refractivity contribution in [2.24, 2.45) is 0 Å². The number of thiazole rings is 1. The summed E-state index contributed by atoms with van der Waals surface area (Å²) in [5.41, 5.74) is 10.8. The van der Waals surface area contributed by atoms with E-state index in [0.29, 0.717) is 0 Å². The molecule has 0 spiro atoms. The fourth-order valence-electron chi connectivity index (χ4n) is 7.32. The molecular weight excluding hydrogens is 629 g/mol. The zero-order chi connectivity index (χ0) is 33.2. The Kier molecular flexibility index (Phi) is 6.61. The summed E-state index contributed by atoms with van der Waals surface area (Å²) in [5.74, 6) is 1.04. The van der Waals surface area contributed by atoms with E-state index in [4.69, 9.17) is 15.0 Å². The maximum atomic E-state index is 5.30. The van der Waals surface area contributed by atoms with Gasteiger partial charge in [-0.1, -0.05) is 110 Å². The van der Waals surface area contributed by atoms with E-state index in [2.05, 4.69) is 157 Å². The number of benzene rings is 7. The van der Waals surface area contributed by atoms with Crippen molar-refractivity contribution >= 4 is 65.0 Å². The average Bonchev–Trinajstić information content (AvgIpc) is 3.80. The summed E-state index contributed by atoms with van der Waals surface area (Å²) in [4.78, 5) is 15.4. The SMILES string of the molecule is CCc1nc2c3c(-c4ccc(-c5ccc6cc(-c7nc8ccccc8s7)ccc6c5)cc4)nc4ccccc4c3ccc2n1-c1ccccc1. The van der Waals surface area contributed by atoms with Gasteiger partial charge in [-0.3, -0.25) is 4.57 Å². The highest BCUT2D eigenvalue weighted by Gasteiger charge is 2.19. The van der Waals surface area contributed by atoms with Crippen LogP contribution in [0.3, 0.4) is 0 Å². The van der Waals surface area contributed by atoms with Crippen LogP contribution in [0.2, 0.25) is 0 Å². The molecule has 5 heteroatoms. The number of aryl methyl sites for hydroxylation is 1. The first-order valence-corrected chi connectivity index (χ1v) is 17.8. The predicted molar refractivity (Wildman–Crippen MR) is 210 cm³/mol. The molecule has 0 unspecified atom stereocenters. The Hall–Kier alpha value is -6.17. The molecule has 0 amide bonds. The summed E-state index contributed by atoms with van der Waals surface area (Å²) in [6, 6.07) is 54.0. The van der Waals surface area contributed by atoms with Crippen LogP contribution < -0.4 is 0 Å². The molecule has 10 aromatic rings. The van der Waals surface area contributed by atoms with Crippen molar-refractivity contribution in [3.63, 3.8) is 0 Å². The standard InChI is InChI=1S/C45H30N4S/c1-2-41-48-44-39(49(41)34-10-4-3-5-11-34)25-24-36-35-12-6-7-13-37(35)46-43(42(36)44)29-18-16-28(17-19-29)30-20-21-32-27-33(23-22-31(32)26-30)45-47-38-14-8-9-15-40(38)50-45/h3-27H,2H2,1H3. The molecule has 0 aliphatic carbocycles. The highest BCUT2D eigenvalue weighted by Crippen LogP contribution is 2.39. The lowest BCUT2D eigenvalue weighted by Crippen LogP contribution is -1.99. The number of nitrogens with zero attached hydrogens (tertiary/aromatic N) is 4. The number of aromatic nitrogens is 4. The fourth-order valence-corrected chi connectivity index (χ4v) is 8.28. The van der Waals surface area contributed by atoms with E-state index in [1.54, 1.807) is 11.3 Å². The number of hydrogen-bond acceptors (Lipinski definition) is 4. The van der Waals surface area contributed by atoms with E-state index >= 15 is 0 Å². The fraction of sp³-hybridized carbons (Fsp3) is 0.0444. The minimum atomic E-state index is 0.825. The van der Waals surface area contributed by atoms with E-state index in [0.717, 1.165) is 72.6 Å². The lowest BCUT2D eigenvalue weighted by Gasteiger charge is -2.13. The van der Waals surface area contributed by atoms with Crippen molar-refractivity contribution in [3.8, 4) is 38.6 Å². The number of pyridine rings is 1. The molecule has 3 aromatic heterocycles. The molecule has 0 N–H and O–H groups in total. The van der Waals surface area contributed by atoms with Gasteiger partial charge in [-0.2, -0.15) is 0 Å². The molecule has 0 saturated carbocycles. The summed E-state index contributed by atoms with van der Waals surface area (Å²) in [6.45, 7) is 2.17. The van der Waals surface area contributed by atoms with Gasteiger partial charge in [0.25, 0.3) is 0 Å². The van der Waals surface area contributed by atoms with Crippen molar-refractivity contribution < 1.29 is 0 Å². The van der Waals surface area contributed by atoms with Gasteiger partial charge in [-0.25, -0.2) is 15.0 Å². The topological polar surface area (TPSA) is 43.6 Å². The number of imidazole rings is 1. The van der Waals surface area contributed by atoms with Crippen molar-refractivity contribution in [1.29, 1.82) is 0 Å². The quantitative estimate of drug-likeness (QED) is 0.173. The second-order valence-corrected chi connectivity index (χ2v) is 13.8. The van der Waals surface area contributed by atoms with Crippen molar-refractivity contribution in [1.82, 2.24) is 19.5 Å². The smallest absolute Gasteiger partial charge is 0.124 e. The Morgan fingerprint density at radius 1 is 0.540 bits per heavy atom. The monoisotopic (exact) mass is 658 g/mol. The van der Waals surface area contributed by atoms with E-state index < -0.39 is 0 Å². The van der Waals surface area contributed by atoms with Gasteiger partial charge in [0.15, 0.2) is 0 Å². The molecular formula is C45H30N4S. The lowest BCUT2D eigenvalue weighted by molar-refractivity contribution is 0.908. The minimum Gasteiger partial charge on any atom is -0.296 e. The molecule has 0 aliphatic heterocycles. The number of para-hydroxylation sites is 3. The number of fused-ring (bicyclic) bond motifs is 7. The highest BCUT2D eigenvalue weighted by molar-refractivity contribution is 7.21. The Balaban J connectivity index is 1.08.